The van der Waals surface area contributed by atoms with Crippen molar-refractivity contribution in [2.45, 2.75) is 0 Å². The number of nitro groups is 1. The maximum absolute atomic E-state index is 12.9. The molecule has 0 aliphatic heterocycles. The second-order valence-corrected chi connectivity index (χ2v) is 6.34. The average Bonchev–Trinajstić information content (AvgIpc) is 3.09. The van der Waals surface area contributed by atoms with Crippen molar-refractivity contribution in [1.29, 1.82) is 0 Å². The van der Waals surface area contributed by atoms with E-state index < -0.39 is 10.8 Å². The van der Waals surface area contributed by atoms with Gasteiger partial charge in [0.25, 0.3) is 11.6 Å². The number of amides is 1. The maximum atomic E-state index is 12.9. The number of fused-ring (bicyclic) bond motifs is 3. The molecular formula is C21H17N3O5. The van der Waals surface area contributed by atoms with Crippen molar-refractivity contribution in [2.75, 3.05) is 24.8 Å². The molecule has 0 saturated carbocycles. The van der Waals surface area contributed by atoms with Crippen molar-refractivity contribution in [2.24, 2.45) is 0 Å². The molecule has 0 atom stereocenters. The Balaban J connectivity index is 1.77. The fourth-order valence-electron chi connectivity index (χ4n) is 3.26. The smallest absolute Gasteiger partial charge is 0.270 e. The molecule has 0 aliphatic rings. The van der Waals surface area contributed by atoms with Gasteiger partial charge >= 0.3 is 0 Å². The molecule has 146 valence electrons. The first kappa shape index (κ1) is 18.3. The Kier molecular flexibility index (Phi) is 4.52. The molecule has 0 saturated heterocycles. The summed E-state index contributed by atoms with van der Waals surface area (Å²) < 4.78 is 11.3. The lowest BCUT2D eigenvalue weighted by atomic mass is 10.1. The highest BCUT2D eigenvalue weighted by Crippen LogP contribution is 2.36. The van der Waals surface area contributed by atoms with E-state index in [0.29, 0.717) is 22.7 Å². The van der Waals surface area contributed by atoms with Crippen LogP contribution in [-0.4, -0.2) is 25.0 Å². The number of furan rings is 1. The number of non-ortho nitro benzene ring substituents is 1. The van der Waals surface area contributed by atoms with Crippen molar-refractivity contribution in [3.8, 4) is 5.75 Å². The summed E-state index contributed by atoms with van der Waals surface area (Å²) in [6, 6.07) is 15.1. The van der Waals surface area contributed by atoms with Gasteiger partial charge in [-0.25, -0.2) is 0 Å². The molecule has 1 amide bonds. The van der Waals surface area contributed by atoms with Crippen LogP contribution in [0.25, 0.3) is 21.9 Å². The lowest BCUT2D eigenvalue weighted by Gasteiger charge is -2.12. The summed E-state index contributed by atoms with van der Waals surface area (Å²) in [5, 5.41) is 18.5. The van der Waals surface area contributed by atoms with Crippen molar-refractivity contribution >= 4 is 44.9 Å². The van der Waals surface area contributed by atoms with Gasteiger partial charge in [-0.3, -0.25) is 14.9 Å². The summed E-state index contributed by atoms with van der Waals surface area (Å²) in [4.78, 5) is 23.4. The molecule has 1 heterocycles. The quantitative estimate of drug-likeness (QED) is 0.374. The van der Waals surface area contributed by atoms with Crippen molar-refractivity contribution in [3.05, 3.63) is 70.3 Å². The summed E-state index contributed by atoms with van der Waals surface area (Å²) in [5.74, 6) is -0.0550. The van der Waals surface area contributed by atoms with E-state index in [9.17, 15) is 14.9 Å². The highest BCUT2D eigenvalue weighted by atomic mass is 16.6. The summed E-state index contributed by atoms with van der Waals surface area (Å²) >= 11 is 0. The number of nitrogens with one attached hydrogen (secondary N) is 2. The number of benzene rings is 3. The molecule has 3 aromatic carbocycles. The van der Waals surface area contributed by atoms with E-state index in [4.69, 9.17) is 9.15 Å². The van der Waals surface area contributed by atoms with Gasteiger partial charge in [-0.1, -0.05) is 18.2 Å². The lowest BCUT2D eigenvalue weighted by molar-refractivity contribution is -0.384. The number of hydrogen-bond acceptors (Lipinski definition) is 6. The predicted molar refractivity (Wildman–Crippen MR) is 111 cm³/mol. The van der Waals surface area contributed by atoms with E-state index in [1.54, 1.807) is 19.2 Å². The van der Waals surface area contributed by atoms with Crippen LogP contribution >= 0.6 is 0 Å². The standard InChI is InChI=1S/C21H17N3O5/c1-22-16-8-7-12(24(26)27)9-15(16)21(25)23-17-11-19-14(10-20(17)28-2)13-5-3-4-6-18(13)29-19/h3-11,22H,1-2H3,(H,23,25). The van der Waals surface area contributed by atoms with Gasteiger partial charge in [0.1, 0.15) is 16.9 Å². The molecule has 4 aromatic rings. The molecule has 4 rings (SSSR count). The van der Waals surface area contributed by atoms with Crippen LogP contribution in [0.15, 0.2) is 59.0 Å². The number of nitrogens with zero attached hydrogens (tertiary/aromatic N) is 1. The van der Waals surface area contributed by atoms with Crippen LogP contribution in [0.2, 0.25) is 0 Å². The monoisotopic (exact) mass is 391 g/mol. The van der Waals surface area contributed by atoms with Crippen LogP contribution in [0, 0.1) is 10.1 Å². The van der Waals surface area contributed by atoms with Gasteiger partial charge in [-0.15, -0.1) is 0 Å². The Bertz CT molecular complexity index is 1260. The summed E-state index contributed by atoms with van der Waals surface area (Å²) in [6.07, 6.45) is 0. The van der Waals surface area contributed by atoms with Crippen LogP contribution in [0.5, 0.6) is 5.75 Å². The van der Waals surface area contributed by atoms with Crippen LogP contribution in [0.4, 0.5) is 17.1 Å². The Labute approximate surface area is 165 Å². The van der Waals surface area contributed by atoms with Gasteiger partial charge in [-0.05, 0) is 18.2 Å². The minimum Gasteiger partial charge on any atom is -0.495 e. The predicted octanol–water partition coefficient (Wildman–Crippen LogP) is 4.80. The molecule has 0 bridgehead atoms. The number of nitro benzene ring substituents is 1. The third kappa shape index (κ3) is 3.20. The lowest BCUT2D eigenvalue weighted by Crippen LogP contribution is -2.15. The number of ether oxygens (including phenoxy) is 1. The zero-order valence-electron chi connectivity index (χ0n) is 15.7. The van der Waals surface area contributed by atoms with E-state index in [2.05, 4.69) is 10.6 Å². The van der Waals surface area contributed by atoms with Crippen LogP contribution in [-0.2, 0) is 0 Å². The first-order valence-corrected chi connectivity index (χ1v) is 8.78. The van der Waals surface area contributed by atoms with Crippen molar-refractivity contribution < 1.29 is 18.9 Å². The van der Waals surface area contributed by atoms with E-state index >= 15 is 0 Å². The van der Waals surface area contributed by atoms with Gasteiger partial charge in [0.2, 0.25) is 0 Å². The largest absolute Gasteiger partial charge is 0.495 e. The molecule has 1 aromatic heterocycles. The van der Waals surface area contributed by atoms with E-state index in [1.165, 1.54) is 25.3 Å². The fraction of sp³-hybridized carbons (Fsp3) is 0.0952. The number of methoxy groups -OCH3 is 1. The molecule has 0 aliphatic carbocycles. The number of rotatable bonds is 5. The Hall–Kier alpha value is -4.07. The molecular weight excluding hydrogens is 374 g/mol. The van der Waals surface area contributed by atoms with E-state index in [-0.39, 0.29) is 11.3 Å². The summed E-state index contributed by atoms with van der Waals surface area (Å²) in [7, 11) is 3.14. The zero-order chi connectivity index (χ0) is 20.5. The molecule has 0 unspecified atom stereocenters. The molecule has 0 spiro atoms. The number of anilines is 2. The Morgan fingerprint density at radius 2 is 1.83 bits per heavy atom. The Morgan fingerprint density at radius 1 is 1.03 bits per heavy atom. The van der Waals surface area contributed by atoms with Crippen LogP contribution in [0.1, 0.15) is 10.4 Å². The molecule has 0 fully saturated rings. The SMILES string of the molecule is CNc1ccc([N+](=O)[O-])cc1C(=O)Nc1cc2oc3ccccc3c2cc1OC. The van der Waals surface area contributed by atoms with E-state index in [0.717, 1.165) is 16.4 Å². The van der Waals surface area contributed by atoms with Gasteiger partial charge in [0.15, 0.2) is 0 Å². The first-order chi connectivity index (χ1) is 14.0. The third-order valence-electron chi connectivity index (χ3n) is 4.67. The minimum atomic E-state index is -0.544. The highest BCUT2D eigenvalue weighted by molar-refractivity contribution is 6.11. The van der Waals surface area contributed by atoms with Crippen molar-refractivity contribution in [3.63, 3.8) is 0 Å². The number of hydrogen-bond donors (Lipinski definition) is 2. The van der Waals surface area contributed by atoms with Crippen molar-refractivity contribution in [1.82, 2.24) is 0 Å². The van der Waals surface area contributed by atoms with Crippen LogP contribution < -0.4 is 15.4 Å². The number of carbonyl (C=O) groups is 1. The normalized spacial score (nSPS) is 10.8. The second-order valence-electron chi connectivity index (χ2n) is 6.34. The van der Waals surface area contributed by atoms with Gasteiger partial charge in [0, 0.05) is 41.7 Å². The molecule has 8 heteroatoms. The number of carbonyl (C=O) groups excluding carboxylic acids is 1. The third-order valence-corrected chi connectivity index (χ3v) is 4.67. The Morgan fingerprint density at radius 3 is 2.55 bits per heavy atom. The zero-order valence-corrected chi connectivity index (χ0v) is 15.7. The summed E-state index contributed by atoms with van der Waals surface area (Å²) in [6.45, 7) is 0. The molecule has 0 radical (unpaired) electrons. The fourth-order valence-corrected chi connectivity index (χ4v) is 3.26. The second kappa shape index (κ2) is 7.16. The maximum Gasteiger partial charge on any atom is 0.270 e. The van der Waals surface area contributed by atoms with Gasteiger partial charge < -0.3 is 19.8 Å². The van der Waals surface area contributed by atoms with Crippen LogP contribution in [0.3, 0.4) is 0 Å². The van der Waals surface area contributed by atoms with Gasteiger partial charge in [0.05, 0.1) is 23.3 Å². The topological polar surface area (TPSA) is 107 Å². The molecule has 2 N–H and O–H groups in total. The minimum absolute atomic E-state index is 0.147. The van der Waals surface area contributed by atoms with E-state index in [1.807, 2.05) is 24.3 Å². The average molecular weight is 391 g/mol. The highest BCUT2D eigenvalue weighted by Gasteiger charge is 2.19. The summed E-state index contributed by atoms with van der Waals surface area (Å²) in [5.41, 5.74) is 2.16. The first-order valence-electron chi connectivity index (χ1n) is 8.78. The van der Waals surface area contributed by atoms with Gasteiger partial charge in [-0.2, -0.15) is 0 Å². The molecule has 8 nitrogen and oxygen atoms in total. The molecule has 29 heavy (non-hydrogen) atoms. The number of para-hydroxylation sites is 1.